The van der Waals surface area contributed by atoms with Gasteiger partial charge in [-0.2, -0.15) is 13.2 Å². The largest absolute Gasteiger partial charge is 0.417 e. The molecule has 0 heterocycles. The number of allylic oxidation sites excluding steroid dienone is 4. The van der Waals surface area contributed by atoms with Gasteiger partial charge in [-0.05, 0) is 12.8 Å². The fraction of sp³-hybridized carbons (Fsp3) is 0.429. The summed E-state index contributed by atoms with van der Waals surface area (Å²) in [6, 6.07) is 0. The highest BCUT2D eigenvalue weighted by Gasteiger charge is 2.35. The Labute approximate surface area is 70.9 Å². The summed E-state index contributed by atoms with van der Waals surface area (Å²) in [6.45, 7) is 0. The van der Waals surface area contributed by atoms with Gasteiger partial charge in [0.05, 0.1) is 5.57 Å². The number of halogens is 4. The van der Waals surface area contributed by atoms with Gasteiger partial charge in [0.15, 0.2) is 0 Å². The molecule has 0 radical (unpaired) electrons. The maximum absolute atomic E-state index is 12.1. The van der Waals surface area contributed by atoms with Gasteiger partial charge in [0, 0.05) is 4.48 Å². The highest BCUT2D eigenvalue weighted by atomic mass is 79.9. The maximum atomic E-state index is 12.1. The second-order valence-corrected chi connectivity index (χ2v) is 3.10. The topological polar surface area (TPSA) is 0 Å². The quantitative estimate of drug-likeness (QED) is 0.593. The molecule has 0 aromatic heterocycles. The second kappa shape index (κ2) is 3.01. The molecule has 0 atom stereocenters. The summed E-state index contributed by atoms with van der Waals surface area (Å²) in [5, 5.41) is 0. The van der Waals surface area contributed by atoms with Crippen LogP contribution in [0.5, 0.6) is 0 Å². The zero-order valence-corrected chi connectivity index (χ0v) is 7.17. The number of rotatable bonds is 0. The standard InChI is InChI=1S/C7H6BrF3/c8-6-4-2-1-3-5(6)7(9,10)11/h3-4H,1-2H2. The Hall–Kier alpha value is -0.250. The van der Waals surface area contributed by atoms with Gasteiger partial charge in [0.1, 0.15) is 0 Å². The van der Waals surface area contributed by atoms with Gasteiger partial charge in [0.25, 0.3) is 0 Å². The number of hydrogen-bond acceptors (Lipinski definition) is 0. The molecule has 0 fully saturated rings. The van der Waals surface area contributed by atoms with Gasteiger partial charge in [-0.25, -0.2) is 0 Å². The van der Waals surface area contributed by atoms with E-state index in [-0.39, 0.29) is 4.48 Å². The van der Waals surface area contributed by atoms with Gasteiger partial charge in [-0.15, -0.1) is 0 Å². The predicted octanol–water partition coefficient (Wildman–Crippen LogP) is 3.55. The lowest BCUT2D eigenvalue weighted by Crippen LogP contribution is -2.13. The third kappa shape index (κ3) is 2.09. The van der Waals surface area contributed by atoms with E-state index in [1.54, 1.807) is 6.08 Å². The Kier molecular flexibility index (Phi) is 2.42. The fourth-order valence-electron chi connectivity index (χ4n) is 0.896. The van der Waals surface area contributed by atoms with Gasteiger partial charge < -0.3 is 0 Å². The third-order valence-electron chi connectivity index (χ3n) is 1.40. The molecule has 0 aromatic carbocycles. The van der Waals surface area contributed by atoms with Gasteiger partial charge in [-0.1, -0.05) is 28.1 Å². The van der Waals surface area contributed by atoms with Crippen molar-refractivity contribution >= 4 is 15.9 Å². The molecular weight excluding hydrogens is 221 g/mol. The molecule has 1 aliphatic carbocycles. The molecule has 0 unspecified atom stereocenters. The molecule has 62 valence electrons. The van der Waals surface area contributed by atoms with Crippen molar-refractivity contribution in [1.82, 2.24) is 0 Å². The Morgan fingerprint density at radius 3 is 2.09 bits per heavy atom. The summed E-state index contributed by atoms with van der Waals surface area (Å²) in [6.07, 6.45) is -0.299. The summed E-state index contributed by atoms with van der Waals surface area (Å²) in [5.74, 6) is 0. The summed E-state index contributed by atoms with van der Waals surface area (Å²) in [7, 11) is 0. The van der Waals surface area contributed by atoms with Crippen molar-refractivity contribution in [3.8, 4) is 0 Å². The summed E-state index contributed by atoms with van der Waals surface area (Å²) < 4.78 is 36.3. The number of alkyl halides is 3. The minimum Gasteiger partial charge on any atom is -0.166 e. The van der Waals surface area contributed by atoms with Gasteiger partial charge in [0.2, 0.25) is 0 Å². The average molecular weight is 227 g/mol. The minimum absolute atomic E-state index is 0.163. The average Bonchev–Trinajstić information content (AvgIpc) is 1.86. The SMILES string of the molecule is FC(F)(F)C1=CCCC=C1Br. The summed E-state index contributed by atoms with van der Waals surface area (Å²) >= 11 is 2.86. The zero-order chi connectivity index (χ0) is 8.48. The van der Waals surface area contributed by atoms with E-state index >= 15 is 0 Å². The van der Waals surface area contributed by atoms with Crippen molar-refractivity contribution in [2.75, 3.05) is 0 Å². The smallest absolute Gasteiger partial charge is 0.166 e. The molecule has 4 heteroatoms. The van der Waals surface area contributed by atoms with Crippen LogP contribution in [0.1, 0.15) is 12.8 Å². The van der Waals surface area contributed by atoms with Crippen molar-refractivity contribution in [2.24, 2.45) is 0 Å². The second-order valence-electron chi connectivity index (χ2n) is 2.24. The predicted molar refractivity (Wildman–Crippen MR) is 40.4 cm³/mol. The molecule has 0 aliphatic heterocycles. The molecule has 0 saturated carbocycles. The van der Waals surface area contributed by atoms with Crippen molar-refractivity contribution in [3.05, 3.63) is 22.2 Å². The maximum Gasteiger partial charge on any atom is 0.417 e. The van der Waals surface area contributed by atoms with Crippen molar-refractivity contribution in [1.29, 1.82) is 0 Å². The Morgan fingerprint density at radius 1 is 1.18 bits per heavy atom. The minimum atomic E-state index is -4.21. The highest BCUT2D eigenvalue weighted by Crippen LogP contribution is 2.36. The van der Waals surface area contributed by atoms with Crippen LogP contribution >= 0.6 is 15.9 Å². The van der Waals surface area contributed by atoms with E-state index in [4.69, 9.17) is 0 Å². The number of hydrogen-bond donors (Lipinski definition) is 0. The van der Waals surface area contributed by atoms with Crippen molar-refractivity contribution in [2.45, 2.75) is 19.0 Å². The molecule has 1 rings (SSSR count). The normalized spacial score (nSPS) is 19.3. The van der Waals surface area contributed by atoms with E-state index < -0.39 is 11.7 Å². The van der Waals surface area contributed by atoms with Crippen LogP contribution in [-0.2, 0) is 0 Å². The molecule has 0 amide bonds. The van der Waals surface area contributed by atoms with Crippen LogP contribution in [0.4, 0.5) is 13.2 Å². The first-order valence-electron chi connectivity index (χ1n) is 3.15. The van der Waals surface area contributed by atoms with Crippen LogP contribution in [0.15, 0.2) is 22.2 Å². The van der Waals surface area contributed by atoms with Crippen LogP contribution < -0.4 is 0 Å². The van der Waals surface area contributed by atoms with Crippen LogP contribution in [0.3, 0.4) is 0 Å². The first kappa shape index (κ1) is 8.84. The van der Waals surface area contributed by atoms with Crippen LogP contribution in [-0.4, -0.2) is 6.18 Å². The summed E-state index contributed by atoms with van der Waals surface area (Å²) in [4.78, 5) is 0. The lowest BCUT2D eigenvalue weighted by molar-refractivity contribution is -0.0889. The Morgan fingerprint density at radius 2 is 1.73 bits per heavy atom. The summed E-state index contributed by atoms with van der Waals surface area (Å²) in [5.41, 5.74) is -0.552. The zero-order valence-electron chi connectivity index (χ0n) is 5.58. The van der Waals surface area contributed by atoms with Crippen LogP contribution in [0.25, 0.3) is 0 Å². The van der Waals surface area contributed by atoms with E-state index in [9.17, 15) is 13.2 Å². The van der Waals surface area contributed by atoms with Crippen molar-refractivity contribution < 1.29 is 13.2 Å². The van der Waals surface area contributed by atoms with E-state index in [1.165, 1.54) is 6.08 Å². The molecule has 0 aromatic rings. The lowest BCUT2D eigenvalue weighted by Gasteiger charge is -2.13. The van der Waals surface area contributed by atoms with Crippen LogP contribution in [0.2, 0.25) is 0 Å². The molecule has 0 bridgehead atoms. The Balaban J connectivity index is 2.87. The molecular formula is C7H6BrF3. The van der Waals surface area contributed by atoms with Gasteiger partial charge in [-0.3, -0.25) is 0 Å². The molecule has 0 spiro atoms. The fourth-order valence-corrected chi connectivity index (χ4v) is 1.51. The molecule has 0 N–H and O–H groups in total. The van der Waals surface area contributed by atoms with Gasteiger partial charge >= 0.3 is 6.18 Å². The molecule has 1 aliphatic rings. The Bertz CT molecular complexity index is 212. The molecule has 0 nitrogen and oxygen atoms in total. The molecule has 11 heavy (non-hydrogen) atoms. The van der Waals surface area contributed by atoms with E-state index in [2.05, 4.69) is 15.9 Å². The lowest BCUT2D eigenvalue weighted by atomic mass is 10.1. The van der Waals surface area contributed by atoms with E-state index in [1.807, 2.05) is 0 Å². The first-order chi connectivity index (χ1) is 5.02. The van der Waals surface area contributed by atoms with E-state index in [0.717, 1.165) is 0 Å². The van der Waals surface area contributed by atoms with Crippen LogP contribution in [0, 0.1) is 0 Å². The third-order valence-corrected chi connectivity index (χ3v) is 2.15. The van der Waals surface area contributed by atoms with Crippen molar-refractivity contribution in [3.63, 3.8) is 0 Å². The first-order valence-corrected chi connectivity index (χ1v) is 3.94. The molecule has 0 saturated heterocycles. The van der Waals surface area contributed by atoms with E-state index in [0.29, 0.717) is 12.8 Å². The monoisotopic (exact) mass is 226 g/mol. The highest BCUT2D eigenvalue weighted by molar-refractivity contribution is 9.12.